The van der Waals surface area contributed by atoms with Crippen molar-refractivity contribution >= 4 is 11.6 Å². The van der Waals surface area contributed by atoms with Crippen molar-refractivity contribution < 1.29 is 9.53 Å². The van der Waals surface area contributed by atoms with Gasteiger partial charge in [-0.25, -0.2) is 0 Å². The Labute approximate surface area is 118 Å². The smallest absolute Gasteiger partial charge is 0.264 e. The number of anilines is 1. The molecule has 1 atom stereocenters. The maximum atomic E-state index is 12.3. The van der Waals surface area contributed by atoms with E-state index in [9.17, 15) is 4.79 Å². The molecule has 2 aromatic carbocycles. The van der Waals surface area contributed by atoms with Gasteiger partial charge in [0.2, 0.25) is 0 Å². The number of carbonyl (C=O) groups excluding carboxylic acids is 1. The van der Waals surface area contributed by atoms with Crippen molar-refractivity contribution in [1.82, 2.24) is 0 Å². The van der Waals surface area contributed by atoms with Crippen LogP contribution >= 0.6 is 0 Å². The summed E-state index contributed by atoms with van der Waals surface area (Å²) in [7, 11) is 0. The minimum absolute atomic E-state index is 0.00523. The Morgan fingerprint density at radius 3 is 2.65 bits per heavy atom. The summed E-state index contributed by atoms with van der Waals surface area (Å²) in [5, 5.41) is 0. The van der Waals surface area contributed by atoms with Crippen LogP contribution in [0.15, 0.2) is 54.6 Å². The molecule has 0 aliphatic carbocycles. The molecule has 0 radical (unpaired) electrons. The summed E-state index contributed by atoms with van der Waals surface area (Å²) < 4.78 is 5.54. The van der Waals surface area contributed by atoms with E-state index in [4.69, 9.17) is 4.74 Å². The average Bonchev–Trinajstić information content (AvgIpc) is 2.84. The standard InChI is InChI=1S/C17H17NO2/c1-13-11-18(16-10-6-5-9-15(13)16)17(19)12-20-14-7-3-2-4-8-14/h2-10,13H,11-12H2,1H3. The van der Waals surface area contributed by atoms with E-state index in [1.165, 1.54) is 5.56 Å². The number of benzene rings is 2. The molecule has 0 bridgehead atoms. The highest BCUT2D eigenvalue weighted by Crippen LogP contribution is 2.35. The topological polar surface area (TPSA) is 29.5 Å². The number of fused-ring (bicyclic) bond motifs is 1. The van der Waals surface area contributed by atoms with Gasteiger partial charge in [0.05, 0.1) is 0 Å². The molecular weight excluding hydrogens is 250 g/mol. The van der Waals surface area contributed by atoms with Gasteiger partial charge < -0.3 is 9.64 Å². The Balaban J connectivity index is 1.70. The minimum atomic E-state index is 0.00523. The zero-order valence-electron chi connectivity index (χ0n) is 11.5. The summed E-state index contributed by atoms with van der Waals surface area (Å²) in [6.45, 7) is 2.95. The number of ether oxygens (including phenoxy) is 1. The van der Waals surface area contributed by atoms with Crippen LogP contribution < -0.4 is 9.64 Å². The second-order valence-electron chi connectivity index (χ2n) is 5.07. The van der Waals surface area contributed by atoms with Crippen LogP contribution in [0.2, 0.25) is 0 Å². The molecule has 0 spiro atoms. The second kappa shape index (κ2) is 5.37. The molecule has 3 heteroatoms. The van der Waals surface area contributed by atoms with E-state index in [2.05, 4.69) is 13.0 Å². The molecule has 3 nitrogen and oxygen atoms in total. The summed E-state index contributed by atoms with van der Waals surface area (Å²) in [4.78, 5) is 14.2. The van der Waals surface area contributed by atoms with Crippen LogP contribution in [0.3, 0.4) is 0 Å². The molecule has 3 rings (SSSR count). The Morgan fingerprint density at radius 1 is 1.15 bits per heavy atom. The first-order valence-electron chi connectivity index (χ1n) is 6.83. The van der Waals surface area contributed by atoms with E-state index in [0.29, 0.717) is 5.92 Å². The third kappa shape index (κ3) is 2.39. The highest BCUT2D eigenvalue weighted by molar-refractivity contribution is 5.96. The Hall–Kier alpha value is -2.29. The van der Waals surface area contributed by atoms with Gasteiger partial charge in [-0.15, -0.1) is 0 Å². The van der Waals surface area contributed by atoms with Gasteiger partial charge in [-0.3, -0.25) is 4.79 Å². The lowest BCUT2D eigenvalue weighted by Gasteiger charge is -2.17. The SMILES string of the molecule is CC1CN(C(=O)COc2ccccc2)c2ccccc21. The number of amides is 1. The zero-order valence-corrected chi connectivity index (χ0v) is 11.5. The number of hydrogen-bond acceptors (Lipinski definition) is 2. The number of carbonyl (C=O) groups is 1. The van der Waals surface area contributed by atoms with Gasteiger partial charge in [-0.05, 0) is 23.8 Å². The van der Waals surface area contributed by atoms with Crippen LogP contribution in [0.5, 0.6) is 5.75 Å². The van der Waals surface area contributed by atoms with Gasteiger partial charge in [0, 0.05) is 18.2 Å². The van der Waals surface area contributed by atoms with E-state index in [0.717, 1.165) is 18.0 Å². The van der Waals surface area contributed by atoms with Gasteiger partial charge in [0.15, 0.2) is 6.61 Å². The molecule has 1 aliphatic heterocycles. The molecular formula is C17H17NO2. The molecule has 1 heterocycles. The molecule has 1 amide bonds. The Morgan fingerprint density at radius 2 is 1.85 bits per heavy atom. The van der Waals surface area contributed by atoms with Crippen LogP contribution in [-0.4, -0.2) is 19.1 Å². The number of hydrogen-bond donors (Lipinski definition) is 0. The van der Waals surface area contributed by atoms with Crippen molar-refractivity contribution in [2.75, 3.05) is 18.1 Å². The van der Waals surface area contributed by atoms with E-state index in [-0.39, 0.29) is 12.5 Å². The second-order valence-corrected chi connectivity index (χ2v) is 5.07. The summed E-state index contributed by atoms with van der Waals surface area (Å²) in [5.41, 5.74) is 2.25. The van der Waals surface area contributed by atoms with Crippen LogP contribution in [0.1, 0.15) is 18.4 Å². The van der Waals surface area contributed by atoms with E-state index in [1.807, 2.05) is 53.4 Å². The first-order chi connectivity index (χ1) is 9.75. The minimum Gasteiger partial charge on any atom is -0.484 e. The number of rotatable bonds is 3. The fourth-order valence-electron chi connectivity index (χ4n) is 2.60. The molecule has 20 heavy (non-hydrogen) atoms. The van der Waals surface area contributed by atoms with Gasteiger partial charge >= 0.3 is 0 Å². The molecule has 0 fully saturated rings. The van der Waals surface area contributed by atoms with Gasteiger partial charge in [0.25, 0.3) is 5.91 Å². The molecule has 0 N–H and O–H groups in total. The quantitative estimate of drug-likeness (QED) is 0.854. The third-order valence-corrected chi connectivity index (χ3v) is 3.62. The molecule has 0 saturated carbocycles. The molecule has 0 aromatic heterocycles. The van der Waals surface area contributed by atoms with Crippen LogP contribution in [-0.2, 0) is 4.79 Å². The number of nitrogens with zero attached hydrogens (tertiary/aromatic N) is 1. The maximum absolute atomic E-state index is 12.3. The lowest BCUT2D eigenvalue weighted by Crippen LogP contribution is -2.33. The highest BCUT2D eigenvalue weighted by Gasteiger charge is 2.29. The van der Waals surface area contributed by atoms with Crippen LogP contribution in [0, 0.1) is 0 Å². The van der Waals surface area contributed by atoms with Gasteiger partial charge in [0.1, 0.15) is 5.75 Å². The monoisotopic (exact) mass is 267 g/mol. The van der Waals surface area contributed by atoms with Crippen molar-refractivity contribution in [3.8, 4) is 5.75 Å². The fraction of sp³-hybridized carbons (Fsp3) is 0.235. The predicted molar refractivity (Wildman–Crippen MR) is 79.1 cm³/mol. The molecule has 2 aromatic rings. The van der Waals surface area contributed by atoms with Crippen molar-refractivity contribution in [3.63, 3.8) is 0 Å². The van der Waals surface area contributed by atoms with E-state index in [1.54, 1.807) is 0 Å². The summed E-state index contributed by atoms with van der Waals surface area (Å²) in [5.74, 6) is 1.11. The third-order valence-electron chi connectivity index (χ3n) is 3.62. The van der Waals surface area contributed by atoms with Crippen molar-refractivity contribution in [1.29, 1.82) is 0 Å². The summed E-state index contributed by atoms with van der Waals surface area (Å²) >= 11 is 0. The summed E-state index contributed by atoms with van der Waals surface area (Å²) in [6, 6.07) is 17.5. The van der Waals surface area contributed by atoms with Crippen molar-refractivity contribution in [2.45, 2.75) is 12.8 Å². The van der Waals surface area contributed by atoms with Crippen molar-refractivity contribution in [2.24, 2.45) is 0 Å². The molecule has 1 aliphatic rings. The predicted octanol–water partition coefficient (Wildman–Crippen LogP) is 3.22. The van der Waals surface area contributed by atoms with Gasteiger partial charge in [-0.2, -0.15) is 0 Å². The fourth-order valence-corrected chi connectivity index (χ4v) is 2.60. The maximum Gasteiger partial charge on any atom is 0.264 e. The molecule has 102 valence electrons. The lowest BCUT2D eigenvalue weighted by molar-refractivity contribution is -0.120. The average molecular weight is 267 g/mol. The first-order valence-corrected chi connectivity index (χ1v) is 6.83. The van der Waals surface area contributed by atoms with Crippen LogP contribution in [0.25, 0.3) is 0 Å². The lowest BCUT2D eigenvalue weighted by atomic mass is 10.0. The zero-order chi connectivity index (χ0) is 13.9. The van der Waals surface area contributed by atoms with Crippen molar-refractivity contribution in [3.05, 3.63) is 60.2 Å². The number of para-hydroxylation sites is 2. The largest absolute Gasteiger partial charge is 0.484 e. The van der Waals surface area contributed by atoms with Gasteiger partial charge in [-0.1, -0.05) is 43.3 Å². The highest BCUT2D eigenvalue weighted by atomic mass is 16.5. The van der Waals surface area contributed by atoms with E-state index >= 15 is 0 Å². The normalized spacial score (nSPS) is 16.9. The summed E-state index contributed by atoms with van der Waals surface area (Å²) in [6.07, 6.45) is 0. The van der Waals surface area contributed by atoms with Crippen LogP contribution in [0.4, 0.5) is 5.69 Å². The Bertz CT molecular complexity index is 609. The molecule has 0 saturated heterocycles. The Kier molecular flexibility index (Phi) is 3.42. The first kappa shape index (κ1) is 12.7. The van der Waals surface area contributed by atoms with E-state index < -0.39 is 0 Å². The molecule has 1 unspecified atom stereocenters.